The van der Waals surface area contributed by atoms with Crippen molar-refractivity contribution in [2.24, 2.45) is 0 Å². The van der Waals surface area contributed by atoms with E-state index in [4.69, 9.17) is 18.7 Å². The highest BCUT2D eigenvalue weighted by molar-refractivity contribution is 6.03. The first-order valence-corrected chi connectivity index (χ1v) is 11.7. The van der Waals surface area contributed by atoms with E-state index in [-0.39, 0.29) is 41.7 Å². The third kappa shape index (κ3) is 7.51. The van der Waals surface area contributed by atoms with Gasteiger partial charge >= 0.3 is 12.1 Å². The van der Waals surface area contributed by atoms with Crippen molar-refractivity contribution in [3.63, 3.8) is 0 Å². The van der Waals surface area contributed by atoms with Crippen LogP contribution in [0, 0.1) is 5.82 Å². The van der Waals surface area contributed by atoms with Gasteiger partial charge in [-0.3, -0.25) is 4.79 Å². The number of rotatable bonds is 9. The molecule has 11 nitrogen and oxygen atoms in total. The van der Waals surface area contributed by atoms with Gasteiger partial charge in [-0.15, -0.1) is 0 Å². The van der Waals surface area contributed by atoms with Gasteiger partial charge in [-0.2, -0.15) is 4.98 Å². The van der Waals surface area contributed by atoms with E-state index >= 15 is 0 Å². The van der Waals surface area contributed by atoms with Crippen LogP contribution < -0.4 is 15.4 Å². The lowest BCUT2D eigenvalue weighted by Crippen LogP contribution is -2.47. The third-order valence-electron chi connectivity index (χ3n) is 4.94. The number of nitrogens with zero attached hydrogens (tertiary/aromatic N) is 2. The Morgan fingerprint density at radius 3 is 2.55 bits per heavy atom. The van der Waals surface area contributed by atoms with Gasteiger partial charge in [0.1, 0.15) is 11.6 Å². The van der Waals surface area contributed by atoms with Gasteiger partial charge in [0.2, 0.25) is 17.6 Å². The first-order valence-electron chi connectivity index (χ1n) is 11.7. The van der Waals surface area contributed by atoms with Crippen molar-refractivity contribution in [2.75, 3.05) is 19.0 Å². The van der Waals surface area contributed by atoms with E-state index in [9.17, 15) is 18.8 Å². The van der Waals surface area contributed by atoms with Crippen LogP contribution in [0.2, 0.25) is 0 Å². The maximum absolute atomic E-state index is 13.8. The second kappa shape index (κ2) is 12.2. The van der Waals surface area contributed by atoms with Gasteiger partial charge in [0.15, 0.2) is 11.6 Å². The number of carbonyl (C=O) groups excluding carboxylic acids is 3. The third-order valence-corrected chi connectivity index (χ3v) is 4.94. The van der Waals surface area contributed by atoms with E-state index in [0.717, 1.165) is 0 Å². The number of hydrogen-bond donors (Lipinski definition) is 2. The standard InChI is InChI=1S/C26H29FN4O7/c1-6-36-24(33)16-9-7-8-10-18(16)28-23(32)19(29-25(34)37-26(2,3)4)14-21-30-22(31-38-21)15-11-12-17(27)20(13-15)35-5/h7-13,19H,6,14H2,1-5H3,(H,28,32)(H,29,34). The maximum atomic E-state index is 13.8. The lowest BCUT2D eigenvalue weighted by atomic mass is 10.1. The van der Waals surface area contributed by atoms with E-state index in [1.807, 2.05) is 0 Å². The summed E-state index contributed by atoms with van der Waals surface area (Å²) in [4.78, 5) is 42.4. The molecule has 0 aliphatic rings. The van der Waals surface area contributed by atoms with Crippen molar-refractivity contribution in [3.05, 3.63) is 59.7 Å². The van der Waals surface area contributed by atoms with E-state index in [0.29, 0.717) is 5.56 Å². The molecule has 1 atom stereocenters. The van der Waals surface area contributed by atoms with Gasteiger partial charge in [0.05, 0.1) is 31.4 Å². The van der Waals surface area contributed by atoms with Gasteiger partial charge in [-0.1, -0.05) is 17.3 Å². The molecule has 0 aliphatic carbocycles. The largest absolute Gasteiger partial charge is 0.494 e. The molecule has 12 heteroatoms. The molecule has 0 saturated carbocycles. The fourth-order valence-electron chi connectivity index (χ4n) is 3.29. The van der Waals surface area contributed by atoms with Gasteiger partial charge in [-0.25, -0.2) is 14.0 Å². The monoisotopic (exact) mass is 528 g/mol. The fourth-order valence-corrected chi connectivity index (χ4v) is 3.29. The summed E-state index contributed by atoms with van der Waals surface area (Å²) in [6.45, 7) is 6.86. The van der Waals surface area contributed by atoms with Crippen LogP contribution in [-0.4, -0.2) is 53.5 Å². The van der Waals surface area contributed by atoms with E-state index in [2.05, 4.69) is 20.8 Å². The molecule has 3 rings (SSSR count). The van der Waals surface area contributed by atoms with Crippen LogP contribution in [0.15, 0.2) is 47.0 Å². The summed E-state index contributed by atoms with van der Waals surface area (Å²) < 4.78 is 34.4. The quantitative estimate of drug-likeness (QED) is 0.392. The molecular formula is C26H29FN4O7. The number of hydrogen-bond acceptors (Lipinski definition) is 9. The number of carbonyl (C=O) groups is 3. The Kier molecular flexibility index (Phi) is 9.00. The lowest BCUT2D eigenvalue weighted by molar-refractivity contribution is -0.118. The average molecular weight is 529 g/mol. The molecule has 1 aromatic heterocycles. The fraction of sp³-hybridized carbons (Fsp3) is 0.346. The molecule has 0 saturated heterocycles. The molecule has 2 aromatic carbocycles. The Bertz CT molecular complexity index is 1300. The van der Waals surface area contributed by atoms with Gasteiger partial charge in [-0.05, 0) is 58.0 Å². The number of amides is 2. The molecule has 1 unspecified atom stereocenters. The SMILES string of the molecule is CCOC(=O)c1ccccc1NC(=O)C(Cc1nc(-c2ccc(F)c(OC)c2)no1)NC(=O)OC(C)(C)C. The van der Waals surface area contributed by atoms with Crippen LogP contribution in [0.4, 0.5) is 14.9 Å². The van der Waals surface area contributed by atoms with Crippen molar-refractivity contribution >= 4 is 23.7 Å². The molecule has 0 aliphatic heterocycles. The summed E-state index contributed by atoms with van der Waals surface area (Å²) >= 11 is 0. The summed E-state index contributed by atoms with van der Waals surface area (Å²) in [6.07, 6.45) is -1.06. The van der Waals surface area contributed by atoms with E-state index in [1.165, 1.54) is 37.4 Å². The second-order valence-corrected chi connectivity index (χ2v) is 9.02. The zero-order valence-corrected chi connectivity index (χ0v) is 21.7. The molecule has 0 fully saturated rings. The van der Waals surface area contributed by atoms with Gasteiger partial charge in [0.25, 0.3) is 0 Å². The maximum Gasteiger partial charge on any atom is 0.408 e. The zero-order valence-electron chi connectivity index (χ0n) is 21.7. The predicted octanol–water partition coefficient (Wildman–Crippen LogP) is 4.14. The molecule has 202 valence electrons. The molecule has 0 spiro atoms. The molecule has 0 radical (unpaired) electrons. The molecule has 3 aromatic rings. The van der Waals surface area contributed by atoms with Crippen molar-refractivity contribution in [3.8, 4) is 17.1 Å². The molecule has 1 heterocycles. The van der Waals surface area contributed by atoms with Crippen molar-refractivity contribution in [1.29, 1.82) is 0 Å². The lowest BCUT2D eigenvalue weighted by Gasteiger charge is -2.23. The predicted molar refractivity (Wildman–Crippen MR) is 134 cm³/mol. The summed E-state index contributed by atoms with van der Waals surface area (Å²) in [5.41, 5.74) is -0.0654. The number of benzene rings is 2. The minimum Gasteiger partial charge on any atom is -0.494 e. The number of anilines is 1. The van der Waals surface area contributed by atoms with Crippen LogP contribution in [0.1, 0.15) is 43.9 Å². The highest BCUT2D eigenvalue weighted by Gasteiger charge is 2.28. The second-order valence-electron chi connectivity index (χ2n) is 9.02. The van der Waals surface area contributed by atoms with E-state index in [1.54, 1.807) is 39.8 Å². The van der Waals surface area contributed by atoms with E-state index < -0.39 is 35.4 Å². The smallest absolute Gasteiger partial charge is 0.408 e. The van der Waals surface area contributed by atoms with Gasteiger partial charge in [0, 0.05) is 5.56 Å². The molecule has 38 heavy (non-hydrogen) atoms. The summed E-state index contributed by atoms with van der Waals surface area (Å²) in [5, 5.41) is 9.03. The van der Waals surface area contributed by atoms with Crippen LogP contribution in [0.3, 0.4) is 0 Å². The van der Waals surface area contributed by atoms with Crippen LogP contribution >= 0.6 is 0 Å². The summed E-state index contributed by atoms with van der Waals surface area (Å²) in [6, 6.07) is 9.12. The number of nitrogens with one attached hydrogen (secondary N) is 2. The summed E-state index contributed by atoms with van der Waals surface area (Å²) in [7, 11) is 1.33. The van der Waals surface area contributed by atoms with Crippen LogP contribution in [0.5, 0.6) is 5.75 Å². The Hall–Kier alpha value is -4.48. The molecule has 2 N–H and O–H groups in total. The normalized spacial score (nSPS) is 11.8. The number of esters is 1. The Morgan fingerprint density at radius 1 is 1.13 bits per heavy atom. The van der Waals surface area contributed by atoms with Gasteiger partial charge < -0.3 is 29.4 Å². The summed E-state index contributed by atoms with van der Waals surface area (Å²) in [5.74, 6) is -1.70. The minimum atomic E-state index is -1.23. The van der Waals surface area contributed by atoms with Crippen molar-refractivity contribution < 1.29 is 37.5 Å². The highest BCUT2D eigenvalue weighted by Crippen LogP contribution is 2.25. The Labute approximate surface area is 218 Å². The number of para-hydroxylation sites is 1. The minimum absolute atomic E-state index is 0.00189. The van der Waals surface area contributed by atoms with Crippen molar-refractivity contribution in [2.45, 2.75) is 45.8 Å². The number of aromatic nitrogens is 2. The Morgan fingerprint density at radius 2 is 1.87 bits per heavy atom. The zero-order chi connectivity index (χ0) is 27.9. The van der Waals surface area contributed by atoms with Crippen LogP contribution in [0.25, 0.3) is 11.4 Å². The number of halogens is 1. The number of ether oxygens (including phenoxy) is 3. The first kappa shape index (κ1) is 28.1. The van der Waals surface area contributed by atoms with Crippen LogP contribution in [-0.2, 0) is 20.7 Å². The highest BCUT2D eigenvalue weighted by atomic mass is 19.1. The molecular weight excluding hydrogens is 499 g/mol. The molecule has 2 amide bonds. The van der Waals surface area contributed by atoms with Crippen molar-refractivity contribution in [1.82, 2.24) is 15.5 Å². The average Bonchev–Trinajstić information content (AvgIpc) is 3.31. The Balaban J connectivity index is 1.85. The number of methoxy groups -OCH3 is 1. The first-order chi connectivity index (χ1) is 18.0. The topological polar surface area (TPSA) is 142 Å². The molecule has 0 bridgehead atoms. The number of alkyl carbamates (subject to hydrolysis) is 1.